The standard InChI is InChI=1S/C13H16N2O5/c1-9-2-3-10(11(8-9)15(18)19)14-13(12(16)17)4-6-20-7-5-13/h2-3,8,14H,4-7H2,1H3,(H,16,17). The Morgan fingerprint density at radius 2 is 2.10 bits per heavy atom. The summed E-state index contributed by atoms with van der Waals surface area (Å²) in [7, 11) is 0. The van der Waals surface area contributed by atoms with E-state index in [9.17, 15) is 20.0 Å². The molecule has 1 saturated heterocycles. The minimum absolute atomic E-state index is 0.114. The maximum atomic E-state index is 11.5. The maximum Gasteiger partial charge on any atom is 0.329 e. The van der Waals surface area contributed by atoms with Crippen molar-refractivity contribution in [2.45, 2.75) is 25.3 Å². The Hall–Kier alpha value is -2.15. The Morgan fingerprint density at radius 1 is 1.45 bits per heavy atom. The zero-order chi connectivity index (χ0) is 14.8. The molecule has 0 aliphatic carbocycles. The van der Waals surface area contributed by atoms with Crippen LogP contribution in [0.2, 0.25) is 0 Å². The van der Waals surface area contributed by atoms with Gasteiger partial charge in [0.2, 0.25) is 0 Å². The molecule has 1 aromatic carbocycles. The molecular weight excluding hydrogens is 264 g/mol. The Balaban J connectivity index is 2.36. The smallest absolute Gasteiger partial charge is 0.329 e. The largest absolute Gasteiger partial charge is 0.480 e. The average molecular weight is 280 g/mol. The summed E-state index contributed by atoms with van der Waals surface area (Å²) in [5.74, 6) is -1.02. The van der Waals surface area contributed by atoms with Gasteiger partial charge in [0.15, 0.2) is 0 Å². The number of anilines is 1. The molecule has 0 unspecified atom stereocenters. The van der Waals surface area contributed by atoms with Gasteiger partial charge in [-0.1, -0.05) is 6.07 Å². The van der Waals surface area contributed by atoms with E-state index < -0.39 is 16.4 Å². The van der Waals surface area contributed by atoms with Gasteiger partial charge < -0.3 is 15.2 Å². The molecule has 1 aliphatic rings. The van der Waals surface area contributed by atoms with Crippen molar-refractivity contribution in [1.29, 1.82) is 0 Å². The van der Waals surface area contributed by atoms with Crippen molar-refractivity contribution in [1.82, 2.24) is 0 Å². The van der Waals surface area contributed by atoms with Crippen LogP contribution in [0.3, 0.4) is 0 Å². The second kappa shape index (κ2) is 5.46. The predicted molar refractivity (Wildman–Crippen MR) is 71.9 cm³/mol. The van der Waals surface area contributed by atoms with Gasteiger partial charge in [-0.15, -0.1) is 0 Å². The molecule has 0 aromatic heterocycles. The lowest BCUT2D eigenvalue weighted by molar-refractivity contribution is -0.384. The van der Waals surface area contributed by atoms with Crippen LogP contribution in [-0.2, 0) is 9.53 Å². The normalized spacial score (nSPS) is 17.4. The Kier molecular flexibility index (Phi) is 3.89. The van der Waals surface area contributed by atoms with E-state index in [1.807, 2.05) is 0 Å². The molecular formula is C13H16N2O5. The van der Waals surface area contributed by atoms with Gasteiger partial charge in [-0.2, -0.15) is 0 Å². The second-order valence-corrected chi connectivity index (χ2v) is 4.90. The number of rotatable bonds is 4. The first-order chi connectivity index (χ1) is 9.44. The van der Waals surface area contributed by atoms with Crippen molar-refractivity contribution in [3.63, 3.8) is 0 Å². The van der Waals surface area contributed by atoms with Crippen LogP contribution in [-0.4, -0.2) is 34.8 Å². The van der Waals surface area contributed by atoms with E-state index in [4.69, 9.17) is 4.74 Å². The average Bonchev–Trinajstić information content (AvgIpc) is 2.41. The van der Waals surface area contributed by atoms with Crippen molar-refractivity contribution in [2.24, 2.45) is 0 Å². The number of nitrogens with zero attached hydrogens (tertiary/aromatic N) is 1. The minimum atomic E-state index is -1.21. The molecule has 20 heavy (non-hydrogen) atoms. The molecule has 0 amide bonds. The number of nitro groups is 1. The summed E-state index contributed by atoms with van der Waals surface area (Å²) in [5, 5.41) is 23.4. The number of carbonyl (C=O) groups is 1. The Bertz CT molecular complexity index is 538. The summed E-state index contributed by atoms with van der Waals surface area (Å²) in [5.41, 5.74) is -0.348. The van der Waals surface area contributed by atoms with Gasteiger partial charge in [-0.05, 0) is 18.6 Å². The number of carboxylic acids is 1. The van der Waals surface area contributed by atoms with Crippen molar-refractivity contribution in [3.05, 3.63) is 33.9 Å². The minimum Gasteiger partial charge on any atom is -0.480 e. The number of aryl methyl sites for hydroxylation is 1. The number of aliphatic carboxylic acids is 1. The summed E-state index contributed by atoms with van der Waals surface area (Å²) in [6, 6.07) is 4.69. The summed E-state index contributed by atoms with van der Waals surface area (Å²) < 4.78 is 5.17. The van der Waals surface area contributed by atoms with Crippen molar-refractivity contribution >= 4 is 17.3 Å². The molecule has 2 N–H and O–H groups in total. The third-order valence-electron chi connectivity index (χ3n) is 3.48. The van der Waals surface area contributed by atoms with Gasteiger partial charge in [0.1, 0.15) is 11.2 Å². The van der Waals surface area contributed by atoms with Crippen LogP contribution in [0.1, 0.15) is 18.4 Å². The lowest BCUT2D eigenvalue weighted by Crippen LogP contribution is -2.50. The molecule has 7 nitrogen and oxygen atoms in total. The van der Waals surface area contributed by atoms with Gasteiger partial charge in [0.05, 0.1) is 4.92 Å². The molecule has 0 bridgehead atoms. The third kappa shape index (κ3) is 2.72. The molecule has 0 atom stereocenters. The van der Waals surface area contributed by atoms with E-state index in [1.165, 1.54) is 6.07 Å². The number of carboxylic acid groups (broad SMARTS) is 1. The first kappa shape index (κ1) is 14.3. The molecule has 2 rings (SSSR count). The predicted octanol–water partition coefficient (Wildman–Crippen LogP) is 1.95. The van der Waals surface area contributed by atoms with E-state index in [1.54, 1.807) is 19.1 Å². The fourth-order valence-electron chi connectivity index (χ4n) is 2.27. The Labute approximate surface area is 115 Å². The maximum absolute atomic E-state index is 11.5. The van der Waals surface area contributed by atoms with E-state index in [0.29, 0.717) is 13.2 Å². The van der Waals surface area contributed by atoms with E-state index in [0.717, 1.165) is 5.56 Å². The quantitative estimate of drug-likeness (QED) is 0.645. The van der Waals surface area contributed by atoms with Crippen molar-refractivity contribution < 1.29 is 19.6 Å². The highest BCUT2D eigenvalue weighted by Crippen LogP contribution is 2.32. The van der Waals surface area contributed by atoms with Crippen LogP contribution >= 0.6 is 0 Å². The van der Waals surface area contributed by atoms with Gasteiger partial charge in [-0.25, -0.2) is 4.79 Å². The zero-order valence-corrected chi connectivity index (χ0v) is 11.1. The lowest BCUT2D eigenvalue weighted by atomic mass is 9.89. The van der Waals surface area contributed by atoms with Crippen LogP contribution in [0.5, 0.6) is 0 Å². The van der Waals surface area contributed by atoms with E-state index in [-0.39, 0.29) is 24.2 Å². The molecule has 1 fully saturated rings. The van der Waals surface area contributed by atoms with E-state index in [2.05, 4.69) is 5.32 Å². The summed E-state index contributed by atoms with van der Waals surface area (Å²) in [6.45, 7) is 2.39. The lowest BCUT2D eigenvalue weighted by Gasteiger charge is -2.34. The monoisotopic (exact) mass is 280 g/mol. The highest BCUT2D eigenvalue weighted by atomic mass is 16.6. The number of hydrogen-bond donors (Lipinski definition) is 2. The number of nitro benzene ring substituents is 1. The van der Waals surface area contributed by atoms with E-state index >= 15 is 0 Å². The van der Waals surface area contributed by atoms with Gasteiger partial charge in [0, 0.05) is 32.1 Å². The number of benzene rings is 1. The fraction of sp³-hybridized carbons (Fsp3) is 0.462. The summed E-state index contributed by atoms with van der Waals surface area (Å²) >= 11 is 0. The van der Waals surface area contributed by atoms with Gasteiger partial charge in [-0.3, -0.25) is 10.1 Å². The second-order valence-electron chi connectivity index (χ2n) is 4.90. The van der Waals surface area contributed by atoms with Crippen LogP contribution in [0, 0.1) is 17.0 Å². The highest BCUT2D eigenvalue weighted by Gasteiger charge is 2.41. The molecule has 1 aliphatic heterocycles. The van der Waals surface area contributed by atoms with Crippen molar-refractivity contribution in [3.8, 4) is 0 Å². The Morgan fingerprint density at radius 3 is 2.65 bits per heavy atom. The fourth-order valence-corrected chi connectivity index (χ4v) is 2.27. The summed E-state index contributed by atoms with van der Waals surface area (Å²) in [6.07, 6.45) is 0.542. The molecule has 1 heterocycles. The van der Waals surface area contributed by atoms with Crippen LogP contribution in [0.15, 0.2) is 18.2 Å². The number of nitrogens with one attached hydrogen (secondary N) is 1. The molecule has 0 saturated carbocycles. The number of ether oxygens (including phenoxy) is 1. The van der Waals surface area contributed by atoms with Gasteiger partial charge >= 0.3 is 5.97 Å². The molecule has 7 heteroatoms. The topological polar surface area (TPSA) is 102 Å². The third-order valence-corrected chi connectivity index (χ3v) is 3.48. The highest BCUT2D eigenvalue weighted by molar-refractivity contribution is 5.84. The molecule has 0 radical (unpaired) electrons. The van der Waals surface area contributed by atoms with Crippen molar-refractivity contribution in [2.75, 3.05) is 18.5 Å². The SMILES string of the molecule is Cc1ccc(NC2(C(=O)O)CCOCC2)c([N+](=O)[O-])c1. The molecule has 1 aromatic rings. The van der Waals surface area contributed by atoms with Crippen LogP contribution in [0.25, 0.3) is 0 Å². The van der Waals surface area contributed by atoms with Crippen LogP contribution in [0.4, 0.5) is 11.4 Å². The number of hydrogen-bond acceptors (Lipinski definition) is 5. The van der Waals surface area contributed by atoms with Gasteiger partial charge in [0.25, 0.3) is 5.69 Å². The first-order valence-corrected chi connectivity index (χ1v) is 6.29. The molecule has 108 valence electrons. The zero-order valence-electron chi connectivity index (χ0n) is 11.1. The first-order valence-electron chi connectivity index (χ1n) is 6.29. The molecule has 0 spiro atoms. The summed E-state index contributed by atoms with van der Waals surface area (Å²) in [4.78, 5) is 22.1. The van der Waals surface area contributed by atoms with Crippen LogP contribution < -0.4 is 5.32 Å².